The smallest absolute Gasteiger partial charge is 0.310 e. The number of phenols is 1. The number of nitrogens with zero attached hydrogens (tertiary/aromatic N) is 2. The third kappa shape index (κ3) is 5.07. The van der Waals surface area contributed by atoms with Crippen LogP contribution in [-0.4, -0.2) is 49.6 Å². The first-order valence-corrected chi connectivity index (χ1v) is 9.18. The van der Waals surface area contributed by atoms with Gasteiger partial charge < -0.3 is 24.1 Å². The predicted molar refractivity (Wildman–Crippen MR) is 110 cm³/mol. The van der Waals surface area contributed by atoms with Crippen LogP contribution < -0.4 is 4.90 Å². The summed E-state index contributed by atoms with van der Waals surface area (Å²) < 4.78 is 10.5. The van der Waals surface area contributed by atoms with Gasteiger partial charge in [0.1, 0.15) is 11.3 Å². The molecule has 7 nitrogen and oxygen atoms in total. The van der Waals surface area contributed by atoms with Crippen LogP contribution in [0.4, 0.5) is 5.69 Å². The summed E-state index contributed by atoms with van der Waals surface area (Å²) in [4.78, 5) is 27.9. The van der Waals surface area contributed by atoms with Crippen molar-refractivity contribution in [1.29, 1.82) is 0 Å². The SMILES string of the molecule is CN(Cc1ccc(N(C)C)cc1)C(=O)COC(=O)Cc1coc2cc(O)ccc12. The number of ether oxygens (including phenoxy) is 1. The van der Waals surface area contributed by atoms with Crippen LogP contribution in [0.3, 0.4) is 0 Å². The molecule has 1 amide bonds. The lowest BCUT2D eigenvalue weighted by atomic mass is 10.1. The van der Waals surface area contributed by atoms with Gasteiger partial charge in [0.05, 0.1) is 12.7 Å². The molecule has 0 aliphatic carbocycles. The summed E-state index contributed by atoms with van der Waals surface area (Å²) in [7, 11) is 5.61. The summed E-state index contributed by atoms with van der Waals surface area (Å²) in [6, 6.07) is 12.6. The molecular formula is C22H24N2O5. The van der Waals surface area contributed by atoms with Crippen molar-refractivity contribution >= 4 is 28.5 Å². The standard InChI is InChI=1S/C22H24N2O5/c1-23(2)17-6-4-15(5-7-17)12-24(3)21(26)14-29-22(27)10-16-13-28-20-11-18(25)8-9-19(16)20/h4-9,11,13,25H,10,12,14H2,1-3H3. The average Bonchev–Trinajstić information content (AvgIpc) is 3.08. The number of benzene rings is 2. The van der Waals surface area contributed by atoms with Crippen LogP contribution in [0.1, 0.15) is 11.1 Å². The van der Waals surface area contributed by atoms with Crippen LogP contribution >= 0.6 is 0 Å². The average molecular weight is 396 g/mol. The number of hydrogen-bond acceptors (Lipinski definition) is 6. The summed E-state index contributed by atoms with van der Waals surface area (Å²) in [5.74, 6) is -0.708. The van der Waals surface area contributed by atoms with Gasteiger partial charge in [0.2, 0.25) is 0 Å². The minimum Gasteiger partial charge on any atom is -0.508 e. The zero-order valence-electron chi connectivity index (χ0n) is 16.7. The second-order valence-electron chi connectivity index (χ2n) is 7.09. The Kier molecular flexibility index (Phi) is 6.07. The Balaban J connectivity index is 1.50. The molecule has 29 heavy (non-hydrogen) atoms. The Bertz CT molecular complexity index is 1010. The van der Waals surface area contributed by atoms with Crippen LogP contribution in [0.15, 0.2) is 53.1 Å². The van der Waals surface area contributed by atoms with Gasteiger partial charge in [-0.2, -0.15) is 0 Å². The number of likely N-dealkylation sites (N-methyl/N-ethyl adjacent to an activating group) is 1. The van der Waals surface area contributed by atoms with Crippen molar-refractivity contribution in [2.24, 2.45) is 0 Å². The van der Waals surface area contributed by atoms with Gasteiger partial charge in [-0.3, -0.25) is 9.59 Å². The van der Waals surface area contributed by atoms with Crippen LogP contribution in [0.5, 0.6) is 5.75 Å². The van der Waals surface area contributed by atoms with Crippen molar-refractivity contribution < 1.29 is 23.8 Å². The van der Waals surface area contributed by atoms with Gasteiger partial charge in [0, 0.05) is 50.4 Å². The van der Waals surface area contributed by atoms with Gasteiger partial charge in [-0.05, 0) is 29.8 Å². The molecule has 0 saturated carbocycles. The van der Waals surface area contributed by atoms with E-state index in [2.05, 4.69) is 0 Å². The number of carbonyl (C=O) groups excluding carboxylic acids is 2. The zero-order valence-corrected chi connectivity index (χ0v) is 16.7. The lowest BCUT2D eigenvalue weighted by molar-refractivity contribution is -0.151. The number of amides is 1. The molecule has 0 aliphatic heterocycles. The van der Waals surface area contributed by atoms with Crippen molar-refractivity contribution in [3.63, 3.8) is 0 Å². The maximum Gasteiger partial charge on any atom is 0.310 e. The van der Waals surface area contributed by atoms with Crippen molar-refractivity contribution in [3.8, 4) is 5.75 Å². The van der Waals surface area contributed by atoms with Crippen molar-refractivity contribution in [1.82, 2.24) is 4.90 Å². The third-order valence-corrected chi connectivity index (χ3v) is 4.63. The summed E-state index contributed by atoms with van der Waals surface area (Å²) in [5.41, 5.74) is 3.21. The van der Waals surface area contributed by atoms with Gasteiger partial charge in [-0.15, -0.1) is 0 Å². The predicted octanol–water partition coefficient (Wildman–Crippen LogP) is 2.95. The molecule has 1 aromatic heterocycles. The molecule has 0 saturated heterocycles. The van der Waals surface area contributed by atoms with Crippen LogP contribution in [0.2, 0.25) is 0 Å². The van der Waals surface area contributed by atoms with E-state index in [1.54, 1.807) is 13.1 Å². The molecule has 0 unspecified atom stereocenters. The van der Waals surface area contributed by atoms with Gasteiger partial charge in [-0.1, -0.05) is 12.1 Å². The minimum atomic E-state index is -0.516. The van der Waals surface area contributed by atoms with Crippen LogP contribution in [0, 0.1) is 0 Å². The number of anilines is 1. The fourth-order valence-corrected chi connectivity index (χ4v) is 2.93. The number of phenolic OH excluding ortho intramolecular Hbond substituents is 1. The Morgan fingerprint density at radius 2 is 1.79 bits per heavy atom. The molecule has 3 rings (SSSR count). The maximum atomic E-state index is 12.3. The molecule has 0 radical (unpaired) electrons. The van der Waals surface area contributed by atoms with Crippen molar-refractivity contribution in [2.75, 3.05) is 32.6 Å². The van der Waals surface area contributed by atoms with E-state index in [1.807, 2.05) is 43.3 Å². The van der Waals surface area contributed by atoms with E-state index < -0.39 is 5.97 Å². The molecule has 0 fully saturated rings. The third-order valence-electron chi connectivity index (χ3n) is 4.63. The molecular weight excluding hydrogens is 372 g/mol. The molecule has 0 atom stereocenters. The Morgan fingerprint density at radius 3 is 2.48 bits per heavy atom. The lowest BCUT2D eigenvalue weighted by Gasteiger charge is -2.18. The minimum absolute atomic E-state index is 0.0131. The van der Waals surface area contributed by atoms with Crippen molar-refractivity contribution in [2.45, 2.75) is 13.0 Å². The normalized spacial score (nSPS) is 10.7. The van der Waals surface area contributed by atoms with Gasteiger partial charge in [0.15, 0.2) is 6.61 Å². The highest BCUT2D eigenvalue weighted by Crippen LogP contribution is 2.25. The van der Waals surface area contributed by atoms with Gasteiger partial charge >= 0.3 is 5.97 Å². The topological polar surface area (TPSA) is 83.2 Å². The van der Waals surface area contributed by atoms with E-state index in [1.165, 1.54) is 23.3 Å². The highest BCUT2D eigenvalue weighted by molar-refractivity contribution is 5.87. The summed E-state index contributed by atoms with van der Waals surface area (Å²) in [6.07, 6.45) is 1.44. The molecule has 0 bridgehead atoms. The number of rotatable bonds is 7. The van der Waals surface area contributed by atoms with Gasteiger partial charge in [-0.25, -0.2) is 0 Å². The monoisotopic (exact) mass is 396 g/mol. The van der Waals surface area contributed by atoms with E-state index in [4.69, 9.17) is 9.15 Å². The molecule has 7 heteroatoms. The molecule has 1 heterocycles. The van der Waals surface area contributed by atoms with Crippen molar-refractivity contribution in [3.05, 3.63) is 59.9 Å². The fourth-order valence-electron chi connectivity index (χ4n) is 2.93. The van der Waals surface area contributed by atoms with Crippen LogP contribution in [0.25, 0.3) is 11.0 Å². The van der Waals surface area contributed by atoms with Gasteiger partial charge in [0.25, 0.3) is 5.91 Å². The number of esters is 1. The van der Waals surface area contributed by atoms with E-state index in [0.717, 1.165) is 16.6 Å². The van der Waals surface area contributed by atoms with E-state index >= 15 is 0 Å². The highest BCUT2D eigenvalue weighted by atomic mass is 16.5. The highest BCUT2D eigenvalue weighted by Gasteiger charge is 2.15. The Morgan fingerprint density at radius 1 is 1.07 bits per heavy atom. The van der Waals surface area contributed by atoms with Crippen LogP contribution in [-0.2, 0) is 27.3 Å². The van der Waals surface area contributed by atoms with E-state index in [9.17, 15) is 14.7 Å². The van der Waals surface area contributed by atoms with E-state index in [0.29, 0.717) is 17.7 Å². The molecule has 1 N–H and O–H groups in total. The number of aromatic hydroxyl groups is 1. The summed E-state index contributed by atoms with van der Waals surface area (Å²) in [5, 5.41) is 10.2. The lowest BCUT2D eigenvalue weighted by Crippen LogP contribution is -2.31. The fraction of sp³-hybridized carbons (Fsp3) is 0.273. The number of carbonyl (C=O) groups is 2. The first-order valence-electron chi connectivity index (χ1n) is 9.18. The molecule has 2 aromatic carbocycles. The number of furan rings is 1. The Labute approximate surface area is 169 Å². The molecule has 0 aliphatic rings. The first-order chi connectivity index (χ1) is 13.8. The van der Waals surface area contributed by atoms with E-state index in [-0.39, 0.29) is 24.7 Å². The molecule has 0 spiro atoms. The second-order valence-corrected chi connectivity index (χ2v) is 7.09. The molecule has 152 valence electrons. The summed E-state index contributed by atoms with van der Waals surface area (Å²) in [6.45, 7) is 0.113. The molecule has 3 aromatic rings. The Hall–Kier alpha value is -3.48. The maximum absolute atomic E-state index is 12.3. The second kappa shape index (κ2) is 8.68. The quantitative estimate of drug-likeness (QED) is 0.618. The largest absolute Gasteiger partial charge is 0.508 e. The number of hydrogen-bond donors (Lipinski definition) is 1. The summed E-state index contributed by atoms with van der Waals surface area (Å²) >= 11 is 0. The first kappa shape index (κ1) is 20.3. The zero-order chi connectivity index (χ0) is 21.0. The number of fused-ring (bicyclic) bond motifs is 1.